The molecule has 0 saturated carbocycles. The Morgan fingerprint density at radius 3 is 2.52 bits per heavy atom. The summed E-state index contributed by atoms with van der Waals surface area (Å²) >= 11 is 0.956. The third-order valence-corrected chi connectivity index (χ3v) is 4.27. The van der Waals surface area contributed by atoms with Gasteiger partial charge in [-0.3, -0.25) is 14.9 Å². The quantitative estimate of drug-likeness (QED) is 0.190. The predicted molar refractivity (Wildman–Crippen MR) is 93.8 cm³/mol. The maximum Gasteiger partial charge on any atom is 0.350 e. The van der Waals surface area contributed by atoms with Gasteiger partial charge in [-0.25, -0.2) is 9.59 Å². The number of hydrogen-bond acceptors (Lipinski definition) is 10. The molecule has 0 spiro atoms. The molecule has 0 bridgehead atoms. The summed E-state index contributed by atoms with van der Waals surface area (Å²) in [7, 11) is 1.22. The van der Waals surface area contributed by atoms with Crippen molar-refractivity contribution in [1.82, 2.24) is 0 Å². The van der Waals surface area contributed by atoms with Crippen LogP contribution in [-0.2, 0) is 28.6 Å². The number of nitro benzene ring substituents is 1. The van der Waals surface area contributed by atoms with E-state index in [4.69, 9.17) is 9.47 Å². The van der Waals surface area contributed by atoms with Crippen molar-refractivity contribution < 1.29 is 33.5 Å². The molecule has 1 N–H and O–H groups in total. The number of carbonyl (C=O) groups is 3. The van der Waals surface area contributed by atoms with Gasteiger partial charge in [-0.15, -0.1) is 11.8 Å². The molecule has 1 aromatic carbocycles. The summed E-state index contributed by atoms with van der Waals surface area (Å²) < 4.78 is 14.4. The number of nitrogens with zero attached hydrogens (tertiary/aromatic N) is 1. The van der Waals surface area contributed by atoms with Crippen LogP contribution >= 0.6 is 11.8 Å². The molecule has 0 aromatic heterocycles. The fraction of sp³-hybridized carbons (Fsp3) is 0.312. The van der Waals surface area contributed by atoms with Gasteiger partial charge in [-0.2, -0.15) is 0 Å². The van der Waals surface area contributed by atoms with Crippen LogP contribution in [0.25, 0.3) is 0 Å². The minimum Gasteiger partial charge on any atom is -0.468 e. The first-order valence-electron chi connectivity index (χ1n) is 7.54. The Morgan fingerprint density at radius 2 is 1.96 bits per heavy atom. The molecular formula is C16H16N2O8S. The number of nitrogens with one attached hydrogen (secondary N) is 1. The molecule has 1 heterocycles. The fourth-order valence-electron chi connectivity index (χ4n) is 2.00. The number of nitro groups is 1. The minimum atomic E-state index is -1.36. The lowest BCUT2D eigenvalue weighted by atomic mass is 10.2. The van der Waals surface area contributed by atoms with Gasteiger partial charge in [0, 0.05) is 31.8 Å². The molecule has 1 aliphatic heterocycles. The summed E-state index contributed by atoms with van der Waals surface area (Å²) in [5, 5.41) is 13.9. The van der Waals surface area contributed by atoms with Gasteiger partial charge in [0.15, 0.2) is 5.57 Å². The van der Waals surface area contributed by atoms with E-state index in [-0.39, 0.29) is 27.6 Å². The maximum absolute atomic E-state index is 11.9. The lowest BCUT2D eigenvalue weighted by Crippen LogP contribution is -2.42. The number of esters is 3. The van der Waals surface area contributed by atoms with Crippen LogP contribution in [0, 0.1) is 10.1 Å². The van der Waals surface area contributed by atoms with Crippen molar-refractivity contribution in [2.75, 3.05) is 18.2 Å². The number of methoxy groups -OCH3 is 1. The first kappa shape index (κ1) is 20.2. The van der Waals surface area contributed by atoms with Gasteiger partial charge in [0.2, 0.25) is 0 Å². The Kier molecular flexibility index (Phi) is 6.05. The number of thioether (sulfide) groups is 1. The van der Waals surface area contributed by atoms with Crippen molar-refractivity contribution in [2.45, 2.75) is 24.5 Å². The molecule has 1 aliphatic rings. The van der Waals surface area contributed by atoms with E-state index >= 15 is 0 Å². The summed E-state index contributed by atoms with van der Waals surface area (Å²) in [6, 6.07) is 4.14. The van der Waals surface area contributed by atoms with Crippen LogP contribution in [0.1, 0.15) is 13.8 Å². The standard InChI is InChI=1S/C16H16N2O8S/c1-16(2)25-14(20)10(15(21)26-16)7-17-9-4-5-12(11(6-9)18(22)23)27-8-13(19)24-3/h4-7,17H,8H2,1-3H3. The molecule has 0 unspecified atom stereocenters. The van der Waals surface area contributed by atoms with Gasteiger partial charge >= 0.3 is 17.9 Å². The number of carbonyl (C=O) groups excluding carboxylic acids is 3. The lowest BCUT2D eigenvalue weighted by Gasteiger charge is -2.29. The third-order valence-electron chi connectivity index (χ3n) is 3.23. The van der Waals surface area contributed by atoms with Gasteiger partial charge in [0.25, 0.3) is 11.5 Å². The number of benzene rings is 1. The lowest BCUT2D eigenvalue weighted by molar-refractivity contribution is -0.387. The smallest absolute Gasteiger partial charge is 0.350 e. The van der Waals surface area contributed by atoms with E-state index < -0.39 is 28.6 Å². The molecule has 27 heavy (non-hydrogen) atoms. The molecule has 11 heteroatoms. The zero-order valence-electron chi connectivity index (χ0n) is 14.6. The average molecular weight is 396 g/mol. The zero-order chi connectivity index (χ0) is 20.2. The highest BCUT2D eigenvalue weighted by Crippen LogP contribution is 2.32. The molecular weight excluding hydrogens is 380 g/mol. The summed E-state index contributed by atoms with van der Waals surface area (Å²) in [5.41, 5.74) is -0.370. The van der Waals surface area contributed by atoms with E-state index in [0.29, 0.717) is 0 Å². The van der Waals surface area contributed by atoms with Crippen LogP contribution in [0.15, 0.2) is 34.9 Å². The van der Waals surface area contributed by atoms with Crippen molar-refractivity contribution in [3.8, 4) is 0 Å². The Balaban J connectivity index is 2.18. The molecule has 0 radical (unpaired) electrons. The molecule has 144 valence electrons. The van der Waals surface area contributed by atoms with Crippen molar-refractivity contribution in [3.05, 3.63) is 40.1 Å². The number of rotatable bonds is 6. The highest BCUT2D eigenvalue weighted by Gasteiger charge is 2.38. The van der Waals surface area contributed by atoms with Gasteiger partial charge in [0.1, 0.15) is 0 Å². The largest absolute Gasteiger partial charge is 0.468 e. The summed E-state index contributed by atoms with van der Waals surface area (Å²) in [6.45, 7) is 2.84. The summed E-state index contributed by atoms with van der Waals surface area (Å²) in [6.07, 6.45) is 1.06. The molecule has 1 aromatic rings. The van der Waals surface area contributed by atoms with E-state index in [0.717, 1.165) is 18.0 Å². The Morgan fingerprint density at radius 1 is 1.33 bits per heavy atom. The monoisotopic (exact) mass is 396 g/mol. The van der Waals surface area contributed by atoms with E-state index in [9.17, 15) is 24.5 Å². The van der Waals surface area contributed by atoms with Crippen LogP contribution in [0.5, 0.6) is 0 Å². The van der Waals surface area contributed by atoms with E-state index in [1.807, 2.05) is 0 Å². The predicted octanol–water partition coefficient (Wildman–Crippen LogP) is 1.99. The molecule has 1 fully saturated rings. The van der Waals surface area contributed by atoms with Gasteiger partial charge < -0.3 is 19.5 Å². The normalized spacial score (nSPS) is 15.4. The van der Waals surface area contributed by atoms with E-state index in [2.05, 4.69) is 10.1 Å². The number of anilines is 1. The third kappa shape index (κ3) is 5.20. The SMILES string of the molecule is COC(=O)CSc1ccc(NC=C2C(=O)OC(C)(C)OC2=O)cc1[N+](=O)[O-]. The van der Waals surface area contributed by atoms with Crippen molar-refractivity contribution in [2.24, 2.45) is 0 Å². The van der Waals surface area contributed by atoms with Crippen molar-refractivity contribution in [1.29, 1.82) is 0 Å². The first-order chi connectivity index (χ1) is 12.6. The number of ether oxygens (including phenoxy) is 3. The van der Waals surface area contributed by atoms with Crippen LogP contribution in [0.2, 0.25) is 0 Å². The van der Waals surface area contributed by atoms with Gasteiger partial charge in [-0.1, -0.05) is 0 Å². The Bertz CT molecular complexity index is 812. The number of hydrogen-bond donors (Lipinski definition) is 1. The fourth-order valence-corrected chi connectivity index (χ4v) is 2.84. The number of cyclic esters (lactones) is 2. The minimum absolute atomic E-state index is 0.0817. The highest BCUT2D eigenvalue weighted by atomic mass is 32.2. The van der Waals surface area contributed by atoms with Crippen molar-refractivity contribution >= 4 is 41.0 Å². The first-order valence-corrected chi connectivity index (χ1v) is 8.53. The molecule has 2 rings (SSSR count). The van der Waals surface area contributed by atoms with Crippen LogP contribution < -0.4 is 5.32 Å². The molecule has 0 amide bonds. The van der Waals surface area contributed by atoms with Crippen LogP contribution in [-0.4, -0.2) is 41.5 Å². The molecule has 1 saturated heterocycles. The van der Waals surface area contributed by atoms with E-state index in [1.54, 1.807) is 0 Å². The van der Waals surface area contributed by atoms with Crippen LogP contribution in [0.3, 0.4) is 0 Å². The molecule has 0 atom stereocenters. The van der Waals surface area contributed by atoms with Gasteiger partial charge in [0.05, 0.1) is 22.7 Å². The topological polar surface area (TPSA) is 134 Å². The Hall–Kier alpha value is -3.08. The van der Waals surface area contributed by atoms with Crippen molar-refractivity contribution in [3.63, 3.8) is 0 Å². The highest BCUT2D eigenvalue weighted by molar-refractivity contribution is 8.00. The summed E-state index contributed by atoms with van der Waals surface area (Å²) in [4.78, 5) is 45.8. The van der Waals surface area contributed by atoms with Gasteiger partial charge in [-0.05, 0) is 12.1 Å². The van der Waals surface area contributed by atoms with E-state index in [1.165, 1.54) is 39.2 Å². The second kappa shape index (κ2) is 8.08. The van der Waals surface area contributed by atoms with Crippen LogP contribution in [0.4, 0.5) is 11.4 Å². The maximum atomic E-state index is 11.9. The second-order valence-electron chi connectivity index (χ2n) is 5.69. The zero-order valence-corrected chi connectivity index (χ0v) is 15.5. The molecule has 10 nitrogen and oxygen atoms in total. The average Bonchev–Trinajstić information content (AvgIpc) is 2.58. The molecule has 0 aliphatic carbocycles. The summed E-state index contributed by atoms with van der Waals surface area (Å²) in [5.74, 6) is -3.70. The Labute approximate surface area is 158 Å². The second-order valence-corrected chi connectivity index (χ2v) is 6.70.